The summed E-state index contributed by atoms with van der Waals surface area (Å²) < 4.78 is 0. The maximum Gasteiger partial charge on any atom is 0.126 e. The third-order valence-corrected chi connectivity index (χ3v) is 7.61. The van der Waals surface area contributed by atoms with E-state index in [2.05, 4.69) is 166 Å². The summed E-state index contributed by atoms with van der Waals surface area (Å²) in [6.07, 6.45) is 6.40. The van der Waals surface area contributed by atoms with Crippen LogP contribution in [0.25, 0.3) is 61.5 Å². The minimum atomic E-state index is 0.741. The van der Waals surface area contributed by atoms with E-state index in [1.165, 1.54) is 22.3 Å². The Balaban J connectivity index is 1.53. The van der Waals surface area contributed by atoms with E-state index in [4.69, 9.17) is 9.97 Å². The normalized spacial score (nSPS) is 11.7. The molecule has 0 saturated carbocycles. The molecule has 1 heterocycles. The van der Waals surface area contributed by atoms with Crippen LogP contribution < -0.4 is 0 Å². The molecule has 208 valence electrons. The molecule has 2 nitrogen and oxygen atoms in total. The second-order valence-electron chi connectivity index (χ2n) is 10.6. The molecule has 2 heteroatoms. The van der Waals surface area contributed by atoms with Gasteiger partial charge in [0.15, 0.2) is 0 Å². The summed E-state index contributed by atoms with van der Waals surface area (Å²) >= 11 is 0. The first kappa shape index (κ1) is 27.8. The van der Waals surface area contributed by atoms with Crippen LogP contribution in [0, 0.1) is 6.92 Å². The first-order valence-corrected chi connectivity index (χ1v) is 14.7. The van der Waals surface area contributed by atoms with Crippen LogP contribution in [0.2, 0.25) is 0 Å². The molecule has 1 aromatic heterocycles. The summed E-state index contributed by atoms with van der Waals surface area (Å²) in [4.78, 5) is 9.90. The number of aromatic nitrogens is 2. The number of benzene rings is 5. The van der Waals surface area contributed by atoms with Gasteiger partial charge < -0.3 is 0 Å². The second-order valence-corrected chi connectivity index (χ2v) is 10.6. The highest BCUT2D eigenvalue weighted by molar-refractivity contribution is 5.84. The molecule has 0 spiro atoms. The quantitative estimate of drug-likeness (QED) is 0.183. The molecule has 43 heavy (non-hydrogen) atoms. The molecule has 0 atom stereocenters. The Kier molecular flexibility index (Phi) is 8.19. The molecule has 0 aliphatic heterocycles. The number of rotatable bonds is 7. The summed E-state index contributed by atoms with van der Waals surface area (Å²) in [6.45, 7) is 6.12. The van der Waals surface area contributed by atoms with E-state index in [1.807, 2.05) is 6.92 Å². The van der Waals surface area contributed by atoms with Gasteiger partial charge in [-0.3, -0.25) is 0 Å². The molecular weight excluding hydrogens is 520 g/mol. The molecule has 0 fully saturated rings. The highest BCUT2D eigenvalue weighted by Crippen LogP contribution is 2.35. The lowest BCUT2D eigenvalue weighted by molar-refractivity contribution is 1.06. The summed E-state index contributed by atoms with van der Waals surface area (Å²) in [6, 6.07) is 47.2. The number of aryl methyl sites for hydroxylation is 1. The molecular formula is C41H34N2. The number of hydrogen-bond donors (Lipinski definition) is 0. The minimum absolute atomic E-state index is 0.741. The lowest BCUT2D eigenvalue weighted by Crippen LogP contribution is -1.97. The van der Waals surface area contributed by atoms with Crippen molar-refractivity contribution in [3.8, 4) is 55.9 Å². The Labute approximate surface area is 254 Å². The van der Waals surface area contributed by atoms with Crippen molar-refractivity contribution in [2.45, 2.75) is 20.8 Å². The van der Waals surface area contributed by atoms with Crippen molar-refractivity contribution in [3.05, 3.63) is 163 Å². The van der Waals surface area contributed by atoms with Gasteiger partial charge in [0.2, 0.25) is 0 Å². The van der Waals surface area contributed by atoms with E-state index in [1.54, 1.807) is 0 Å². The van der Waals surface area contributed by atoms with E-state index in [9.17, 15) is 0 Å². The Morgan fingerprint density at radius 1 is 0.465 bits per heavy atom. The Morgan fingerprint density at radius 3 is 1.30 bits per heavy atom. The zero-order valence-corrected chi connectivity index (χ0v) is 24.8. The van der Waals surface area contributed by atoms with Crippen LogP contribution in [0.15, 0.2) is 152 Å². The van der Waals surface area contributed by atoms with E-state index in [-0.39, 0.29) is 0 Å². The van der Waals surface area contributed by atoms with Gasteiger partial charge >= 0.3 is 0 Å². The molecule has 0 radical (unpaired) electrons. The van der Waals surface area contributed by atoms with E-state index >= 15 is 0 Å². The van der Waals surface area contributed by atoms with Crippen molar-refractivity contribution in [2.75, 3.05) is 0 Å². The van der Waals surface area contributed by atoms with E-state index in [0.29, 0.717) is 0 Å². The lowest BCUT2D eigenvalue weighted by Gasteiger charge is -2.14. The van der Waals surface area contributed by atoms with Gasteiger partial charge in [0.1, 0.15) is 5.82 Å². The first-order chi connectivity index (χ1) is 21.1. The van der Waals surface area contributed by atoms with Gasteiger partial charge in [-0.2, -0.15) is 0 Å². The summed E-state index contributed by atoms with van der Waals surface area (Å²) in [5.41, 5.74) is 13.3. The monoisotopic (exact) mass is 554 g/mol. The molecule has 0 aliphatic carbocycles. The zero-order chi connectivity index (χ0) is 29.6. The van der Waals surface area contributed by atoms with Gasteiger partial charge in [-0.1, -0.05) is 109 Å². The third-order valence-electron chi connectivity index (χ3n) is 7.61. The summed E-state index contributed by atoms with van der Waals surface area (Å²) in [5.74, 6) is 0.741. The molecule has 0 saturated heterocycles. The fourth-order valence-electron chi connectivity index (χ4n) is 5.51. The van der Waals surface area contributed by atoms with Gasteiger partial charge in [0, 0.05) is 11.1 Å². The van der Waals surface area contributed by atoms with Crippen molar-refractivity contribution in [3.63, 3.8) is 0 Å². The van der Waals surface area contributed by atoms with Crippen LogP contribution in [-0.2, 0) is 0 Å². The molecule has 6 aromatic rings. The topological polar surface area (TPSA) is 25.8 Å². The van der Waals surface area contributed by atoms with Gasteiger partial charge in [0.25, 0.3) is 0 Å². The van der Waals surface area contributed by atoms with Crippen LogP contribution in [0.1, 0.15) is 25.2 Å². The Hall–Kier alpha value is -5.34. The van der Waals surface area contributed by atoms with E-state index < -0.39 is 0 Å². The molecule has 6 rings (SSSR count). The maximum absolute atomic E-state index is 4.95. The summed E-state index contributed by atoms with van der Waals surface area (Å²) in [5, 5.41) is 0. The average molecular weight is 555 g/mol. The van der Waals surface area contributed by atoms with Crippen molar-refractivity contribution >= 4 is 5.57 Å². The van der Waals surface area contributed by atoms with Gasteiger partial charge in [-0.25, -0.2) is 9.97 Å². The average Bonchev–Trinajstić information content (AvgIpc) is 3.07. The first-order valence-electron chi connectivity index (χ1n) is 14.7. The van der Waals surface area contributed by atoms with Gasteiger partial charge in [-0.15, -0.1) is 0 Å². The zero-order valence-electron chi connectivity index (χ0n) is 24.8. The van der Waals surface area contributed by atoms with Crippen LogP contribution in [-0.4, -0.2) is 9.97 Å². The predicted octanol–water partition coefficient (Wildman–Crippen LogP) is 11.1. The lowest BCUT2D eigenvalue weighted by atomic mass is 9.93. The van der Waals surface area contributed by atoms with Crippen LogP contribution in [0.4, 0.5) is 0 Å². The number of allylic oxidation sites excluding steroid dienone is 4. The predicted molar refractivity (Wildman–Crippen MR) is 182 cm³/mol. The minimum Gasteiger partial charge on any atom is -0.233 e. The standard InChI is InChI=1S/C41H34N2/c1-4-15-30(5-2)34-22-35(31-16-9-6-10-17-31)25-38(24-34)40-28-41(43-29(3)42-40)39-26-36(32-18-11-7-12-19-32)23-37(27-39)33-20-13-8-14-21-33/h4-28H,1-3H3. The second kappa shape index (κ2) is 12.7. The largest absolute Gasteiger partial charge is 0.233 e. The smallest absolute Gasteiger partial charge is 0.126 e. The maximum atomic E-state index is 4.95. The third kappa shape index (κ3) is 6.29. The highest BCUT2D eigenvalue weighted by atomic mass is 14.9. The summed E-state index contributed by atoms with van der Waals surface area (Å²) in [7, 11) is 0. The molecule has 0 unspecified atom stereocenters. The molecule has 0 N–H and O–H groups in total. The van der Waals surface area contributed by atoms with Crippen LogP contribution in [0.3, 0.4) is 0 Å². The van der Waals surface area contributed by atoms with Crippen molar-refractivity contribution in [1.29, 1.82) is 0 Å². The number of nitrogens with zero attached hydrogens (tertiary/aromatic N) is 2. The van der Waals surface area contributed by atoms with Crippen LogP contribution >= 0.6 is 0 Å². The van der Waals surface area contributed by atoms with Crippen LogP contribution in [0.5, 0.6) is 0 Å². The van der Waals surface area contributed by atoms with Crippen molar-refractivity contribution < 1.29 is 0 Å². The van der Waals surface area contributed by atoms with E-state index in [0.717, 1.165) is 50.6 Å². The fourth-order valence-corrected chi connectivity index (χ4v) is 5.51. The molecule has 0 bridgehead atoms. The van der Waals surface area contributed by atoms with Gasteiger partial charge in [-0.05, 0) is 108 Å². The number of hydrogen-bond acceptors (Lipinski definition) is 2. The van der Waals surface area contributed by atoms with Crippen molar-refractivity contribution in [1.82, 2.24) is 9.97 Å². The Morgan fingerprint density at radius 2 is 0.860 bits per heavy atom. The van der Waals surface area contributed by atoms with Gasteiger partial charge in [0.05, 0.1) is 11.4 Å². The highest BCUT2D eigenvalue weighted by Gasteiger charge is 2.13. The SMILES string of the molecule is CC=CC(=CC)c1cc(-c2ccccc2)cc(-c2cc(-c3cc(-c4ccccc4)cc(-c4ccccc4)c3)nc(C)n2)c1. The molecule has 0 amide bonds. The molecule has 5 aromatic carbocycles. The van der Waals surface area contributed by atoms with Crippen molar-refractivity contribution in [2.24, 2.45) is 0 Å². The fraction of sp³-hybridized carbons (Fsp3) is 0.0732. The Bertz CT molecular complexity index is 1860. The molecule has 0 aliphatic rings.